The molecule has 0 saturated carbocycles. The van der Waals surface area contributed by atoms with Crippen LogP contribution in [0, 0.1) is 0 Å². The summed E-state index contributed by atoms with van der Waals surface area (Å²) < 4.78 is 0. The zero-order valence-electron chi connectivity index (χ0n) is 9.72. The average molecular weight is 349 g/mol. The Morgan fingerprint density at radius 3 is 2.25 bits per heavy atom. The van der Waals surface area contributed by atoms with E-state index in [1.54, 1.807) is 5.19 Å². The van der Waals surface area contributed by atoms with Crippen molar-refractivity contribution in [2.24, 2.45) is 0 Å². The van der Waals surface area contributed by atoms with Gasteiger partial charge in [0.05, 0.1) is 0 Å². The van der Waals surface area contributed by atoms with Crippen molar-refractivity contribution in [2.75, 3.05) is 0 Å². The Morgan fingerprint density at radius 2 is 1.69 bits per heavy atom. The third-order valence-electron chi connectivity index (χ3n) is 2.49. The van der Waals surface area contributed by atoms with Crippen LogP contribution in [0.3, 0.4) is 0 Å². The van der Waals surface area contributed by atoms with Crippen LogP contribution in [0.4, 0.5) is 0 Å². The summed E-state index contributed by atoms with van der Waals surface area (Å²) in [7, 11) is 8.72. The molecule has 0 fully saturated rings. The predicted octanol–water partition coefficient (Wildman–Crippen LogP) is 4.48. The maximum absolute atomic E-state index is 4.93. The average Bonchev–Trinajstić information content (AvgIpc) is 2.61. The Labute approximate surface area is 117 Å². The van der Waals surface area contributed by atoms with E-state index >= 15 is 0 Å². The number of halogens is 2. The van der Waals surface area contributed by atoms with Crippen molar-refractivity contribution in [3.63, 3.8) is 0 Å². The van der Waals surface area contributed by atoms with Crippen molar-refractivity contribution >= 4 is 41.1 Å². The fourth-order valence-corrected chi connectivity index (χ4v) is 3.42. The Balaban J connectivity index is 0.000000386. The van der Waals surface area contributed by atoms with Gasteiger partial charge in [-0.1, -0.05) is 25.7 Å². The van der Waals surface area contributed by atoms with Gasteiger partial charge in [-0.05, 0) is 0 Å². The first kappa shape index (κ1) is 14.6. The summed E-state index contributed by atoms with van der Waals surface area (Å²) in [6, 6.07) is 13.2. The molecule has 0 saturated heterocycles. The Hall–Kier alpha value is 0.510. The molecule has 0 aliphatic carbocycles. The van der Waals surface area contributed by atoms with Crippen molar-refractivity contribution in [1.29, 1.82) is 0 Å². The molecule has 0 aliphatic rings. The van der Waals surface area contributed by atoms with Gasteiger partial charge >= 0.3 is 37.9 Å². The minimum atomic E-state index is -1.15. The molecule has 0 bridgehead atoms. The minimum absolute atomic E-state index is 0.826. The molecule has 2 aromatic carbocycles. The maximum atomic E-state index is 4.93. The first-order valence-electron chi connectivity index (χ1n) is 5.12. The van der Waals surface area contributed by atoms with Gasteiger partial charge in [-0.2, -0.15) is 16.6 Å². The van der Waals surface area contributed by atoms with Gasteiger partial charge in [0.1, 0.15) is 0 Å². The third-order valence-corrected chi connectivity index (χ3v) is 4.54. The fraction of sp³-hybridized carbons (Fsp3) is 0.250. The molecule has 0 nitrogen and oxygen atoms in total. The van der Waals surface area contributed by atoms with Crippen LogP contribution in [0.1, 0.15) is 0 Å². The van der Waals surface area contributed by atoms with Crippen LogP contribution >= 0.6 is 17.0 Å². The summed E-state index contributed by atoms with van der Waals surface area (Å²) in [6.07, 6.45) is 0. The number of benzene rings is 1. The topological polar surface area (TPSA) is 0 Å². The molecular formula is C12H15Cl2SiZr-. The second-order valence-corrected chi connectivity index (χ2v) is 13.4. The molecule has 16 heavy (non-hydrogen) atoms. The zero-order chi connectivity index (χ0) is 12.2. The van der Waals surface area contributed by atoms with Gasteiger partial charge in [-0.25, -0.2) is 0 Å². The van der Waals surface area contributed by atoms with Gasteiger partial charge in [-0.15, -0.1) is 29.7 Å². The van der Waals surface area contributed by atoms with Crippen molar-refractivity contribution in [2.45, 2.75) is 19.6 Å². The van der Waals surface area contributed by atoms with Crippen molar-refractivity contribution in [1.82, 2.24) is 0 Å². The molecule has 0 amide bonds. The standard InChI is InChI=1S/C12H15Si.2ClH.Zr/c1-13(2,3)12-9-8-10-6-4-5-7-11(10)12;;;/h4-9H,1-3H3;2*1H;/q-1;;;+2/p-2. The molecule has 2 aromatic rings. The monoisotopic (exact) mass is 347 g/mol. The van der Waals surface area contributed by atoms with E-state index in [9.17, 15) is 0 Å². The Kier molecular flexibility index (Phi) is 5.87. The van der Waals surface area contributed by atoms with Gasteiger partial charge in [0.25, 0.3) is 0 Å². The first-order chi connectivity index (χ1) is 7.50. The molecule has 4 heteroatoms. The molecule has 0 atom stereocenters. The second-order valence-electron chi connectivity index (χ2n) is 4.66. The van der Waals surface area contributed by atoms with Gasteiger partial charge in [-0.3, -0.25) is 0 Å². The molecule has 0 unspecified atom stereocenters. The summed E-state index contributed by atoms with van der Waals surface area (Å²) in [4.78, 5) is 0. The summed E-state index contributed by atoms with van der Waals surface area (Å²) in [5.41, 5.74) is 0. The van der Waals surface area contributed by atoms with E-state index in [0.717, 1.165) is 0 Å². The van der Waals surface area contributed by atoms with Gasteiger partial charge in [0.2, 0.25) is 0 Å². The van der Waals surface area contributed by atoms with Crippen LogP contribution < -0.4 is 5.19 Å². The molecular weight excluding hydrogens is 334 g/mol. The first-order valence-corrected chi connectivity index (χ1v) is 14.9. The molecule has 2 rings (SSSR count). The molecule has 0 spiro atoms. The van der Waals surface area contributed by atoms with Gasteiger partial charge < -0.3 is 0 Å². The van der Waals surface area contributed by atoms with E-state index < -0.39 is 28.9 Å². The molecule has 0 N–H and O–H groups in total. The molecule has 0 aliphatic heterocycles. The van der Waals surface area contributed by atoms with E-state index in [0.29, 0.717) is 0 Å². The SMILES string of the molecule is C[Si](C)(C)c1c[cH-]c2ccccc12.[Cl][Zr][Cl]. The van der Waals surface area contributed by atoms with Crippen LogP contribution in [-0.4, -0.2) is 8.07 Å². The van der Waals surface area contributed by atoms with E-state index in [1.807, 2.05) is 0 Å². The van der Waals surface area contributed by atoms with Crippen LogP contribution in [-0.2, 0) is 20.8 Å². The van der Waals surface area contributed by atoms with Crippen LogP contribution in [0.15, 0.2) is 36.4 Å². The Morgan fingerprint density at radius 1 is 1.12 bits per heavy atom. The summed E-state index contributed by atoms with van der Waals surface area (Å²) in [5.74, 6) is 0. The molecule has 0 heterocycles. The van der Waals surface area contributed by atoms with E-state index in [4.69, 9.17) is 17.0 Å². The fourth-order valence-electron chi connectivity index (χ4n) is 1.80. The molecule has 0 radical (unpaired) electrons. The van der Waals surface area contributed by atoms with Crippen molar-refractivity contribution in [3.05, 3.63) is 36.4 Å². The summed E-state index contributed by atoms with van der Waals surface area (Å²) in [5, 5.41) is 4.43. The quantitative estimate of drug-likeness (QED) is 0.526. The second kappa shape index (κ2) is 6.44. The van der Waals surface area contributed by atoms with Crippen LogP contribution in [0.2, 0.25) is 19.6 Å². The molecule has 86 valence electrons. The number of fused-ring (bicyclic) bond motifs is 1. The van der Waals surface area contributed by atoms with E-state index in [1.165, 1.54) is 10.8 Å². The summed E-state index contributed by atoms with van der Waals surface area (Å²) in [6.45, 7) is 7.19. The summed E-state index contributed by atoms with van der Waals surface area (Å²) >= 11 is -0.826. The van der Waals surface area contributed by atoms with Crippen molar-refractivity contribution in [3.8, 4) is 0 Å². The number of hydrogen-bond acceptors (Lipinski definition) is 0. The molecule has 0 aromatic heterocycles. The Bertz CT molecular complexity index is 445. The van der Waals surface area contributed by atoms with Gasteiger partial charge in [0, 0.05) is 8.07 Å². The normalized spacial score (nSPS) is 10.8. The number of hydrogen-bond donors (Lipinski definition) is 0. The third kappa shape index (κ3) is 3.77. The van der Waals surface area contributed by atoms with E-state index in [2.05, 4.69) is 56.0 Å². The zero-order valence-corrected chi connectivity index (χ0v) is 14.7. The van der Waals surface area contributed by atoms with Gasteiger partial charge in [0.15, 0.2) is 0 Å². The van der Waals surface area contributed by atoms with Crippen LogP contribution in [0.5, 0.6) is 0 Å². The predicted molar refractivity (Wildman–Crippen MR) is 74.2 cm³/mol. The van der Waals surface area contributed by atoms with Crippen molar-refractivity contribution < 1.29 is 20.8 Å². The van der Waals surface area contributed by atoms with Crippen LogP contribution in [0.25, 0.3) is 10.8 Å². The van der Waals surface area contributed by atoms with E-state index in [-0.39, 0.29) is 0 Å². The number of rotatable bonds is 1.